The van der Waals surface area contributed by atoms with Crippen LogP contribution in [0.15, 0.2) is 42.5 Å². The van der Waals surface area contributed by atoms with Gasteiger partial charge in [0.05, 0.1) is 10.6 Å². The van der Waals surface area contributed by atoms with Gasteiger partial charge >= 0.3 is 0 Å². The highest BCUT2D eigenvalue weighted by molar-refractivity contribution is 6.37. The average Bonchev–Trinajstić information content (AvgIpc) is 2.94. The second-order valence-electron chi connectivity index (χ2n) is 5.97. The summed E-state index contributed by atoms with van der Waals surface area (Å²) < 4.78 is 0. The highest BCUT2D eigenvalue weighted by Crippen LogP contribution is 2.26. The molecule has 5 heteroatoms. The molecule has 120 valence electrons. The Kier molecular flexibility index (Phi) is 4.79. The van der Waals surface area contributed by atoms with E-state index >= 15 is 0 Å². The standard InChI is InChI=1S/C18H18Cl2N2O/c1-12-8-9-22(11-12)15-5-3-14(4-6-15)21-18(23)16-7-2-13(19)10-17(16)20/h2-7,10,12H,8-9,11H2,1H3,(H,21,23). The van der Waals surface area contributed by atoms with Crippen LogP contribution in [0.5, 0.6) is 0 Å². The molecule has 0 saturated carbocycles. The van der Waals surface area contributed by atoms with Crippen LogP contribution < -0.4 is 10.2 Å². The average molecular weight is 349 g/mol. The Labute approximate surface area is 146 Å². The van der Waals surface area contributed by atoms with Gasteiger partial charge < -0.3 is 10.2 Å². The lowest BCUT2D eigenvalue weighted by Gasteiger charge is -2.18. The van der Waals surface area contributed by atoms with Crippen LogP contribution in [0.3, 0.4) is 0 Å². The maximum atomic E-state index is 12.3. The van der Waals surface area contributed by atoms with E-state index in [0.717, 1.165) is 24.7 Å². The monoisotopic (exact) mass is 348 g/mol. The first kappa shape index (κ1) is 16.2. The zero-order chi connectivity index (χ0) is 16.4. The van der Waals surface area contributed by atoms with Crippen molar-refractivity contribution in [2.75, 3.05) is 23.3 Å². The summed E-state index contributed by atoms with van der Waals surface area (Å²) in [6.45, 7) is 4.45. The van der Waals surface area contributed by atoms with E-state index in [1.807, 2.05) is 24.3 Å². The summed E-state index contributed by atoms with van der Waals surface area (Å²) in [6, 6.07) is 12.8. The van der Waals surface area contributed by atoms with Crippen molar-refractivity contribution in [2.45, 2.75) is 13.3 Å². The fourth-order valence-electron chi connectivity index (χ4n) is 2.80. The van der Waals surface area contributed by atoms with Gasteiger partial charge in [0.1, 0.15) is 0 Å². The molecule has 1 heterocycles. The third-order valence-electron chi connectivity index (χ3n) is 4.09. The topological polar surface area (TPSA) is 32.3 Å². The number of anilines is 2. The molecule has 1 saturated heterocycles. The van der Waals surface area contributed by atoms with Gasteiger partial charge in [-0.05, 0) is 54.8 Å². The summed E-state index contributed by atoms with van der Waals surface area (Å²) in [5.74, 6) is 0.496. The number of carbonyl (C=O) groups excluding carboxylic acids is 1. The number of rotatable bonds is 3. The molecule has 1 amide bonds. The summed E-state index contributed by atoms with van der Waals surface area (Å²) in [5.41, 5.74) is 2.35. The molecule has 1 aliphatic rings. The van der Waals surface area contributed by atoms with Gasteiger partial charge in [-0.2, -0.15) is 0 Å². The number of benzene rings is 2. The molecule has 0 aromatic heterocycles. The van der Waals surface area contributed by atoms with E-state index in [0.29, 0.717) is 15.6 Å². The fraction of sp³-hybridized carbons (Fsp3) is 0.278. The number of nitrogens with zero attached hydrogens (tertiary/aromatic N) is 1. The van der Waals surface area contributed by atoms with Crippen LogP contribution in [0, 0.1) is 5.92 Å². The SMILES string of the molecule is CC1CCN(c2ccc(NC(=O)c3ccc(Cl)cc3Cl)cc2)C1. The number of nitrogens with one attached hydrogen (secondary N) is 1. The van der Waals surface area contributed by atoms with E-state index in [1.54, 1.807) is 18.2 Å². The molecule has 23 heavy (non-hydrogen) atoms. The van der Waals surface area contributed by atoms with Crippen LogP contribution in [-0.4, -0.2) is 19.0 Å². The smallest absolute Gasteiger partial charge is 0.257 e. The lowest BCUT2D eigenvalue weighted by Crippen LogP contribution is -2.19. The fourth-order valence-corrected chi connectivity index (χ4v) is 3.29. The number of carbonyl (C=O) groups is 1. The number of halogens is 2. The Bertz CT molecular complexity index is 715. The Balaban J connectivity index is 1.69. The quantitative estimate of drug-likeness (QED) is 0.837. The maximum Gasteiger partial charge on any atom is 0.257 e. The van der Waals surface area contributed by atoms with Crippen LogP contribution >= 0.6 is 23.2 Å². The van der Waals surface area contributed by atoms with Gasteiger partial charge in [-0.15, -0.1) is 0 Å². The molecule has 1 fully saturated rings. The number of hydrogen-bond donors (Lipinski definition) is 1. The third kappa shape index (κ3) is 3.80. The predicted molar refractivity (Wildman–Crippen MR) is 96.9 cm³/mol. The van der Waals surface area contributed by atoms with Gasteiger partial charge in [0.2, 0.25) is 0 Å². The maximum absolute atomic E-state index is 12.3. The molecular weight excluding hydrogens is 331 g/mol. The van der Waals surface area contributed by atoms with E-state index in [1.165, 1.54) is 12.1 Å². The minimum atomic E-state index is -0.241. The Morgan fingerprint density at radius 1 is 1.17 bits per heavy atom. The number of hydrogen-bond acceptors (Lipinski definition) is 2. The van der Waals surface area contributed by atoms with E-state index < -0.39 is 0 Å². The van der Waals surface area contributed by atoms with Crippen molar-refractivity contribution in [1.82, 2.24) is 0 Å². The van der Waals surface area contributed by atoms with Crippen molar-refractivity contribution in [3.8, 4) is 0 Å². The second kappa shape index (κ2) is 6.81. The summed E-state index contributed by atoms with van der Waals surface area (Å²) in [6.07, 6.45) is 1.23. The zero-order valence-electron chi connectivity index (χ0n) is 12.9. The van der Waals surface area contributed by atoms with Gasteiger partial charge in [-0.3, -0.25) is 4.79 Å². The Hall–Kier alpha value is -1.71. The molecule has 1 atom stereocenters. The van der Waals surface area contributed by atoms with Crippen molar-refractivity contribution in [1.29, 1.82) is 0 Å². The van der Waals surface area contributed by atoms with Gasteiger partial charge in [-0.25, -0.2) is 0 Å². The van der Waals surface area contributed by atoms with Gasteiger partial charge in [0.15, 0.2) is 0 Å². The molecule has 1 aliphatic heterocycles. The largest absolute Gasteiger partial charge is 0.371 e. The molecule has 0 spiro atoms. The van der Waals surface area contributed by atoms with Crippen LogP contribution in [0.1, 0.15) is 23.7 Å². The molecule has 0 radical (unpaired) electrons. The summed E-state index contributed by atoms with van der Waals surface area (Å²) in [5, 5.41) is 3.72. The first-order valence-electron chi connectivity index (χ1n) is 7.64. The van der Waals surface area contributed by atoms with E-state index in [4.69, 9.17) is 23.2 Å². The lowest BCUT2D eigenvalue weighted by atomic mass is 10.2. The van der Waals surface area contributed by atoms with Gasteiger partial charge in [0.25, 0.3) is 5.91 Å². The highest BCUT2D eigenvalue weighted by Gasteiger charge is 2.18. The van der Waals surface area contributed by atoms with Crippen LogP contribution in [0.2, 0.25) is 10.0 Å². The normalized spacial score (nSPS) is 17.3. The first-order valence-corrected chi connectivity index (χ1v) is 8.40. The van der Waals surface area contributed by atoms with Gasteiger partial charge in [0, 0.05) is 29.5 Å². The van der Waals surface area contributed by atoms with Gasteiger partial charge in [-0.1, -0.05) is 30.1 Å². The van der Waals surface area contributed by atoms with Crippen LogP contribution in [-0.2, 0) is 0 Å². The summed E-state index contributed by atoms with van der Waals surface area (Å²) in [7, 11) is 0. The molecule has 0 aliphatic carbocycles. The highest BCUT2D eigenvalue weighted by atomic mass is 35.5. The second-order valence-corrected chi connectivity index (χ2v) is 6.81. The minimum absolute atomic E-state index is 0.241. The molecule has 3 rings (SSSR count). The molecule has 2 aromatic rings. The Morgan fingerprint density at radius 2 is 1.91 bits per heavy atom. The van der Waals surface area contributed by atoms with E-state index in [2.05, 4.69) is 17.1 Å². The van der Waals surface area contributed by atoms with Crippen LogP contribution in [0.4, 0.5) is 11.4 Å². The van der Waals surface area contributed by atoms with Crippen molar-refractivity contribution >= 4 is 40.5 Å². The zero-order valence-corrected chi connectivity index (χ0v) is 14.4. The first-order chi connectivity index (χ1) is 11.0. The van der Waals surface area contributed by atoms with E-state index in [9.17, 15) is 4.79 Å². The summed E-state index contributed by atoms with van der Waals surface area (Å²) >= 11 is 11.9. The van der Waals surface area contributed by atoms with Crippen molar-refractivity contribution in [3.05, 3.63) is 58.1 Å². The lowest BCUT2D eigenvalue weighted by molar-refractivity contribution is 0.102. The molecule has 0 bridgehead atoms. The molecule has 1 N–H and O–H groups in total. The van der Waals surface area contributed by atoms with Crippen molar-refractivity contribution < 1.29 is 4.79 Å². The van der Waals surface area contributed by atoms with E-state index in [-0.39, 0.29) is 5.91 Å². The van der Waals surface area contributed by atoms with Crippen molar-refractivity contribution in [2.24, 2.45) is 5.92 Å². The summed E-state index contributed by atoms with van der Waals surface area (Å²) in [4.78, 5) is 14.6. The predicted octanol–water partition coefficient (Wildman–Crippen LogP) is 5.09. The molecule has 1 unspecified atom stereocenters. The molecule has 3 nitrogen and oxygen atoms in total. The molecule has 2 aromatic carbocycles. The third-order valence-corrected chi connectivity index (χ3v) is 4.64. The number of amides is 1. The minimum Gasteiger partial charge on any atom is -0.371 e. The molecular formula is C18H18Cl2N2O. The Morgan fingerprint density at radius 3 is 2.52 bits per heavy atom. The van der Waals surface area contributed by atoms with Crippen molar-refractivity contribution in [3.63, 3.8) is 0 Å². The van der Waals surface area contributed by atoms with Crippen LogP contribution in [0.25, 0.3) is 0 Å².